The highest BCUT2D eigenvalue weighted by Crippen LogP contribution is 2.21. The van der Waals surface area contributed by atoms with Crippen LogP contribution in [-0.2, 0) is 9.59 Å². The molecule has 12 nitrogen and oxygen atoms in total. The smallest absolute Gasteiger partial charge is 0.260 e. The maximum atomic E-state index is 13.2. The zero-order valence-electron chi connectivity index (χ0n) is 23.5. The molecule has 1 aromatic heterocycles. The van der Waals surface area contributed by atoms with Crippen molar-refractivity contribution in [1.29, 1.82) is 0 Å². The lowest BCUT2D eigenvalue weighted by molar-refractivity contribution is -0.132. The highest BCUT2D eigenvalue weighted by Gasteiger charge is 2.21. The van der Waals surface area contributed by atoms with Crippen molar-refractivity contribution in [3.8, 4) is 0 Å². The summed E-state index contributed by atoms with van der Waals surface area (Å²) in [6, 6.07) is 12.5. The fraction of sp³-hybridized carbons (Fsp3) is 0.241. The number of aromatic nitrogens is 2. The van der Waals surface area contributed by atoms with Crippen molar-refractivity contribution in [2.75, 3.05) is 40.2 Å². The van der Waals surface area contributed by atoms with E-state index in [4.69, 9.17) is 5.73 Å². The number of halogens is 1. The third-order valence-electron chi connectivity index (χ3n) is 6.05. The fourth-order valence-electron chi connectivity index (χ4n) is 3.58. The van der Waals surface area contributed by atoms with Gasteiger partial charge < -0.3 is 31.9 Å². The molecule has 13 heteroatoms. The van der Waals surface area contributed by atoms with Gasteiger partial charge in [0.1, 0.15) is 17.4 Å². The van der Waals surface area contributed by atoms with E-state index in [1.165, 1.54) is 17.2 Å². The molecule has 0 unspecified atom stereocenters. The summed E-state index contributed by atoms with van der Waals surface area (Å²) >= 11 is 3.22. The molecule has 42 heavy (non-hydrogen) atoms. The molecule has 1 heterocycles. The van der Waals surface area contributed by atoms with Crippen LogP contribution in [0, 0.1) is 0 Å². The van der Waals surface area contributed by atoms with Crippen LogP contribution in [0.5, 0.6) is 0 Å². The van der Waals surface area contributed by atoms with Crippen LogP contribution in [0.3, 0.4) is 0 Å². The minimum Gasteiger partial charge on any atom is -0.369 e. The summed E-state index contributed by atoms with van der Waals surface area (Å²) in [5.74, 6) is -1.07. The molecule has 0 aliphatic rings. The number of carbonyl (C=O) groups is 4. The van der Waals surface area contributed by atoms with Crippen molar-refractivity contribution < 1.29 is 19.2 Å². The Bertz CT molecular complexity index is 1460. The molecule has 0 aliphatic heterocycles. The van der Waals surface area contributed by atoms with E-state index in [9.17, 15) is 19.2 Å². The SMILES string of the molecule is CCCNc1nc(Nc2ccc(C(N)=O)cc2)ncc1C(=O)Nc1cccc(NC(=O)[C@H](C)N(C)C(=O)/C=C/CBr)c1. The van der Waals surface area contributed by atoms with Gasteiger partial charge in [0.05, 0.1) is 0 Å². The Morgan fingerprint density at radius 3 is 2.38 bits per heavy atom. The second-order valence-corrected chi connectivity index (χ2v) is 9.80. The third-order valence-corrected chi connectivity index (χ3v) is 6.42. The van der Waals surface area contributed by atoms with Gasteiger partial charge >= 0.3 is 0 Å². The Morgan fingerprint density at radius 1 is 1.05 bits per heavy atom. The van der Waals surface area contributed by atoms with Gasteiger partial charge in [0, 0.05) is 47.7 Å². The second kappa shape index (κ2) is 15.3. The number of hydrogen-bond acceptors (Lipinski definition) is 8. The summed E-state index contributed by atoms with van der Waals surface area (Å²) in [7, 11) is 1.55. The van der Waals surface area contributed by atoms with E-state index in [1.54, 1.807) is 68.6 Å². The summed E-state index contributed by atoms with van der Waals surface area (Å²) in [5.41, 5.74) is 7.41. The summed E-state index contributed by atoms with van der Waals surface area (Å²) in [4.78, 5) is 59.6. The zero-order valence-corrected chi connectivity index (χ0v) is 25.1. The van der Waals surface area contributed by atoms with Gasteiger partial charge in [0.25, 0.3) is 5.91 Å². The lowest BCUT2D eigenvalue weighted by atomic mass is 10.2. The Kier molecular flexibility index (Phi) is 11.6. The average molecular weight is 638 g/mol. The van der Waals surface area contributed by atoms with Crippen LogP contribution >= 0.6 is 15.9 Å². The number of benzene rings is 2. The first-order chi connectivity index (χ1) is 20.1. The fourth-order valence-corrected chi connectivity index (χ4v) is 3.77. The number of nitrogens with one attached hydrogen (secondary N) is 4. The highest BCUT2D eigenvalue weighted by atomic mass is 79.9. The molecule has 0 spiro atoms. The molecule has 220 valence electrons. The van der Waals surface area contributed by atoms with Crippen LogP contribution < -0.4 is 27.0 Å². The van der Waals surface area contributed by atoms with Crippen molar-refractivity contribution in [1.82, 2.24) is 14.9 Å². The van der Waals surface area contributed by atoms with E-state index in [-0.39, 0.29) is 23.3 Å². The molecule has 0 aliphatic carbocycles. The van der Waals surface area contributed by atoms with E-state index < -0.39 is 17.9 Å². The van der Waals surface area contributed by atoms with Gasteiger partial charge in [-0.15, -0.1) is 0 Å². The van der Waals surface area contributed by atoms with Crippen LogP contribution in [0.15, 0.2) is 66.9 Å². The minimum atomic E-state index is -0.728. The van der Waals surface area contributed by atoms with Crippen molar-refractivity contribution >= 4 is 68.4 Å². The van der Waals surface area contributed by atoms with Crippen molar-refractivity contribution in [3.05, 3.63) is 78.0 Å². The maximum Gasteiger partial charge on any atom is 0.260 e. The van der Waals surface area contributed by atoms with E-state index >= 15 is 0 Å². The van der Waals surface area contributed by atoms with Crippen LogP contribution in [-0.4, -0.2) is 63.5 Å². The molecule has 0 radical (unpaired) electrons. The number of nitrogens with two attached hydrogens (primary N) is 1. The van der Waals surface area contributed by atoms with Gasteiger partial charge in [-0.1, -0.05) is 35.0 Å². The molecule has 3 aromatic rings. The Morgan fingerprint density at radius 2 is 1.74 bits per heavy atom. The number of rotatable bonds is 13. The number of allylic oxidation sites excluding steroid dienone is 1. The van der Waals surface area contributed by atoms with Gasteiger partial charge in [-0.25, -0.2) is 4.98 Å². The van der Waals surface area contributed by atoms with Gasteiger partial charge in [-0.05, 0) is 61.9 Å². The lowest BCUT2D eigenvalue weighted by Gasteiger charge is -2.23. The number of amides is 4. The number of anilines is 5. The quantitative estimate of drug-likeness (QED) is 0.138. The molecular weight excluding hydrogens is 604 g/mol. The van der Waals surface area contributed by atoms with Gasteiger partial charge in [-0.3, -0.25) is 19.2 Å². The molecule has 0 saturated heterocycles. The highest BCUT2D eigenvalue weighted by molar-refractivity contribution is 9.09. The molecule has 0 fully saturated rings. The van der Waals surface area contributed by atoms with Gasteiger partial charge in [0.2, 0.25) is 23.7 Å². The molecular formula is C29H33BrN8O4. The minimum absolute atomic E-state index is 0.220. The second-order valence-electron chi connectivity index (χ2n) is 9.16. The van der Waals surface area contributed by atoms with E-state index in [0.717, 1.165) is 6.42 Å². The van der Waals surface area contributed by atoms with Crippen molar-refractivity contribution in [2.45, 2.75) is 26.3 Å². The third kappa shape index (κ3) is 8.86. The molecule has 2 aromatic carbocycles. The van der Waals surface area contributed by atoms with Crippen molar-refractivity contribution in [3.63, 3.8) is 0 Å². The monoisotopic (exact) mass is 636 g/mol. The Labute approximate surface area is 252 Å². The number of likely N-dealkylation sites (N-methyl/N-ethyl adjacent to an activating group) is 1. The van der Waals surface area contributed by atoms with Crippen LogP contribution in [0.2, 0.25) is 0 Å². The number of nitrogens with zero attached hydrogens (tertiary/aromatic N) is 3. The Balaban J connectivity index is 1.72. The van der Waals surface area contributed by atoms with Crippen LogP contribution in [0.1, 0.15) is 41.0 Å². The molecule has 6 N–H and O–H groups in total. The summed E-state index contributed by atoms with van der Waals surface area (Å²) in [6.45, 7) is 4.19. The lowest BCUT2D eigenvalue weighted by Crippen LogP contribution is -2.42. The first-order valence-electron chi connectivity index (χ1n) is 13.1. The largest absolute Gasteiger partial charge is 0.369 e. The summed E-state index contributed by atoms with van der Waals surface area (Å²) in [5, 5.41) is 12.3. The van der Waals surface area contributed by atoms with E-state index in [0.29, 0.717) is 40.3 Å². The zero-order chi connectivity index (χ0) is 30.6. The molecule has 0 bridgehead atoms. The molecule has 4 amide bonds. The van der Waals surface area contributed by atoms with E-state index in [1.807, 2.05) is 6.92 Å². The standard InChI is InChI=1S/C29H33BrN8O4/c1-4-15-32-26-23(17-33-29(37-26)36-20-12-10-19(11-13-20)25(31)40)28(42)35-22-8-5-7-21(16-22)34-27(41)18(2)38(3)24(39)9-6-14-30/h5-13,16-18H,4,14-15H2,1-3H3,(H2,31,40)(H,34,41)(H,35,42)(H2,32,33,36,37)/b9-6+/t18-/m0/s1. The van der Waals surface area contributed by atoms with Gasteiger partial charge in [0.15, 0.2) is 0 Å². The maximum absolute atomic E-state index is 13.2. The Hall–Kier alpha value is -4.78. The first kappa shape index (κ1) is 31.7. The van der Waals surface area contributed by atoms with Crippen LogP contribution in [0.25, 0.3) is 0 Å². The van der Waals surface area contributed by atoms with Crippen LogP contribution in [0.4, 0.5) is 28.8 Å². The number of alkyl halides is 1. The summed E-state index contributed by atoms with van der Waals surface area (Å²) in [6.07, 6.45) is 5.26. The predicted octanol–water partition coefficient (Wildman–Crippen LogP) is 4.13. The molecule has 3 rings (SSSR count). The molecule has 0 saturated carbocycles. The van der Waals surface area contributed by atoms with Gasteiger partial charge in [-0.2, -0.15) is 4.98 Å². The first-order valence-corrected chi connectivity index (χ1v) is 14.2. The number of primary amides is 1. The normalized spacial score (nSPS) is 11.4. The topological polar surface area (TPSA) is 171 Å². The number of carbonyl (C=O) groups excluding carboxylic acids is 4. The van der Waals surface area contributed by atoms with Crippen molar-refractivity contribution in [2.24, 2.45) is 5.73 Å². The summed E-state index contributed by atoms with van der Waals surface area (Å²) < 4.78 is 0. The predicted molar refractivity (Wildman–Crippen MR) is 167 cm³/mol. The molecule has 1 atom stereocenters. The average Bonchev–Trinajstić information content (AvgIpc) is 2.98. The van der Waals surface area contributed by atoms with E-state index in [2.05, 4.69) is 47.2 Å². The number of hydrogen-bond donors (Lipinski definition) is 5.